The molecule has 0 saturated heterocycles. The van der Waals surface area contributed by atoms with Gasteiger partial charge in [0.15, 0.2) is 0 Å². The first-order valence-corrected chi connectivity index (χ1v) is 9.91. The van der Waals surface area contributed by atoms with Gasteiger partial charge in [0.1, 0.15) is 0 Å². The SMILES string of the molecule is CCCCCC/C=C/CCCCCCCCCC(O)C(N)CO. The topological polar surface area (TPSA) is 66.5 Å². The van der Waals surface area contributed by atoms with Gasteiger partial charge in [-0.05, 0) is 32.1 Å². The van der Waals surface area contributed by atoms with E-state index in [4.69, 9.17) is 10.8 Å². The standard InChI is InChI=1S/C20H41NO2/c1-2-3-4-5-6-7-8-9-10-11-12-13-14-15-16-17-20(23)19(21)18-22/h7-8,19-20,22-23H,2-6,9-18,21H2,1H3/b8-7+. The quantitative estimate of drug-likeness (QED) is 0.268. The first-order chi connectivity index (χ1) is 11.2. The lowest BCUT2D eigenvalue weighted by Gasteiger charge is -2.15. The van der Waals surface area contributed by atoms with Crippen LogP contribution in [0.2, 0.25) is 0 Å². The third-order valence-corrected chi connectivity index (χ3v) is 4.47. The van der Waals surface area contributed by atoms with Crippen molar-refractivity contribution in [2.45, 2.75) is 109 Å². The molecule has 0 aliphatic rings. The minimum Gasteiger partial charge on any atom is -0.395 e. The van der Waals surface area contributed by atoms with Crippen molar-refractivity contribution in [2.75, 3.05) is 6.61 Å². The second-order valence-electron chi connectivity index (χ2n) is 6.79. The van der Waals surface area contributed by atoms with E-state index in [-0.39, 0.29) is 6.61 Å². The summed E-state index contributed by atoms with van der Waals surface area (Å²) in [5.41, 5.74) is 5.57. The average Bonchev–Trinajstić information content (AvgIpc) is 2.57. The molecule has 0 radical (unpaired) electrons. The van der Waals surface area contributed by atoms with Crippen LogP contribution in [0.1, 0.15) is 96.8 Å². The summed E-state index contributed by atoms with van der Waals surface area (Å²) in [5, 5.41) is 18.5. The van der Waals surface area contributed by atoms with E-state index in [0.29, 0.717) is 6.42 Å². The van der Waals surface area contributed by atoms with Crippen LogP contribution in [-0.2, 0) is 0 Å². The maximum atomic E-state index is 9.63. The van der Waals surface area contributed by atoms with Gasteiger partial charge in [0.25, 0.3) is 0 Å². The monoisotopic (exact) mass is 327 g/mol. The van der Waals surface area contributed by atoms with Gasteiger partial charge in [-0.3, -0.25) is 0 Å². The van der Waals surface area contributed by atoms with Crippen LogP contribution in [-0.4, -0.2) is 29.0 Å². The van der Waals surface area contributed by atoms with Crippen molar-refractivity contribution in [1.29, 1.82) is 0 Å². The molecule has 138 valence electrons. The molecule has 0 saturated carbocycles. The first-order valence-electron chi connectivity index (χ1n) is 9.91. The van der Waals surface area contributed by atoms with Crippen molar-refractivity contribution < 1.29 is 10.2 Å². The number of aliphatic hydroxyl groups excluding tert-OH is 2. The minimum absolute atomic E-state index is 0.131. The Bertz CT molecular complexity index is 256. The molecule has 0 aliphatic heterocycles. The molecule has 0 bridgehead atoms. The van der Waals surface area contributed by atoms with Crippen LogP contribution < -0.4 is 5.73 Å². The number of allylic oxidation sites excluding steroid dienone is 2. The van der Waals surface area contributed by atoms with Gasteiger partial charge in [-0.25, -0.2) is 0 Å². The lowest BCUT2D eigenvalue weighted by atomic mass is 10.0. The zero-order valence-corrected chi connectivity index (χ0v) is 15.4. The molecule has 0 fully saturated rings. The number of hydrogen-bond acceptors (Lipinski definition) is 3. The molecule has 0 aromatic rings. The Balaban J connectivity index is 3.17. The highest BCUT2D eigenvalue weighted by molar-refractivity contribution is 4.81. The lowest BCUT2D eigenvalue weighted by Crippen LogP contribution is -2.37. The van der Waals surface area contributed by atoms with Crippen LogP contribution in [0.15, 0.2) is 12.2 Å². The Kier molecular flexibility index (Phi) is 17.7. The van der Waals surface area contributed by atoms with Gasteiger partial charge in [0, 0.05) is 0 Å². The van der Waals surface area contributed by atoms with Crippen LogP contribution in [0.5, 0.6) is 0 Å². The van der Waals surface area contributed by atoms with Gasteiger partial charge >= 0.3 is 0 Å². The molecule has 4 N–H and O–H groups in total. The smallest absolute Gasteiger partial charge is 0.0713 e. The van der Waals surface area contributed by atoms with Crippen LogP contribution >= 0.6 is 0 Å². The maximum Gasteiger partial charge on any atom is 0.0713 e. The van der Waals surface area contributed by atoms with Gasteiger partial charge in [-0.1, -0.05) is 76.9 Å². The number of aliphatic hydroxyl groups is 2. The van der Waals surface area contributed by atoms with Gasteiger partial charge in [-0.15, -0.1) is 0 Å². The molecule has 0 aromatic heterocycles. The zero-order chi connectivity index (χ0) is 17.2. The summed E-state index contributed by atoms with van der Waals surface area (Å²) in [6.07, 6.45) is 21.5. The Morgan fingerprint density at radius 2 is 1.26 bits per heavy atom. The summed E-state index contributed by atoms with van der Waals surface area (Å²) in [7, 11) is 0. The second-order valence-corrected chi connectivity index (χ2v) is 6.79. The van der Waals surface area contributed by atoms with E-state index in [1.807, 2.05) is 0 Å². The molecule has 0 heterocycles. The molecular weight excluding hydrogens is 286 g/mol. The van der Waals surface area contributed by atoms with Crippen molar-refractivity contribution in [1.82, 2.24) is 0 Å². The van der Waals surface area contributed by atoms with E-state index >= 15 is 0 Å². The normalized spacial score (nSPS) is 14.4. The summed E-state index contributed by atoms with van der Waals surface area (Å²) in [6.45, 7) is 2.13. The molecule has 0 aromatic carbocycles. The van der Waals surface area contributed by atoms with Crippen LogP contribution in [0.3, 0.4) is 0 Å². The highest BCUT2D eigenvalue weighted by Crippen LogP contribution is 2.12. The molecule has 0 rings (SSSR count). The fourth-order valence-electron chi connectivity index (χ4n) is 2.76. The lowest BCUT2D eigenvalue weighted by molar-refractivity contribution is 0.0990. The molecule has 23 heavy (non-hydrogen) atoms. The van der Waals surface area contributed by atoms with E-state index in [0.717, 1.165) is 12.8 Å². The van der Waals surface area contributed by atoms with E-state index in [2.05, 4.69) is 19.1 Å². The second kappa shape index (κ2) is 18.0. The number of hydrogen-bond donors (Lipinski definition) is 3. The van der Waals surface area contributed by atoms with Crippen LogP contribution in [0.25, 0.3) is 0 Å². The van der Waals surface area contributed by atoms with E-state index in [9.17, 15) is 5.11 Å². The van der Waals surface area contributed by atoms with Crippen molar-refractivity contribution in [3.63, 3.8) is 0 Å². The Hall–Kier alpha value is -0.380. The fourth-order valence-corrected chi connectivity index (χ4v) is 2.76. The molecule has 0 aliphatic carbocycles. The van der Waals surface area contributed by atoms with Crippen molar-refractivity contribution in [2.24, 2.45) is 5.73 Å². The summed E-state index contributed by atoms with van der Waals surface area (Å²) in [4.78, 5) is 0. The van der Waals surface area contributed by atoms with Crippen molar-refractivity contribution >= 4 is 0 Å². The number of rotatable bonds is 17. The highest BCUT2D eigenvalue weighted by Gasteiger charge is 2.12. The van der Waals surface area contributed by atoms with Crippen LogP contribution in [0.4, 0.5) is 0 Å². The fraction of sp³-hybridized carbons (Fsp3) is 0.900. The Morgan fingerprint density at radius 1 is 0.783 bits per heavy atom. The predicted molar refractivity (Wildman–Crippen MR) is 101 cm³/mol. The van der Waals surface area contributed by atoms with Crippen molar-refractivity contribution in [3.8, 4) is 0 Å². The van der Waals surface area contributed by atoms with Gasteiger partial charge in [0.2, 0.25) is 0 Å². The zero-order valence-electron chi connectivity index (χ0n) is 15.4. The molecule has 0 spiro atoms. The third kappa shape index (κ3) is 16.3. The van der Waals surface area contributed by atoms with E-state index in [1.165, 1.54) is 70.6 Å². The minimum atomic E-state index is -0.547. The molecule has 0 amide bonds. The number of unbranched alkanes of at least 4 members (excludes halogenated alkanes) is 11. The van der Waals surface area contributed by atoms with Crippen molar-refractivity contribution in [3.05, 3.63) is 12.2 Å². The average molecular weight is 328 g/mol. The van der Waals surface area contributed by atoms with E-state index < -0.39 is 12.1 Å². The molecular formula is C20H41NO2. The maximum absolute atomic E-state index is 9.63. The molecule has 2 atom stereocenters. The molecule has 3 nitrogen and oxygen atoms in total. The third-order valence-electron chi connectivity index (χ3n) is 4.47. The Labute approximate surface area is 144 Å². The van der Waals surface area contributed by atoms with Crippen LogP contribution in [0, 0.1) is 0 Å². The summed E-state index contributed by atoms with van der Waals surface area (Å²) in [6, 6.07) is -0.477. The molecule has 2 unspecified atom stereocenters. The van der Waals surface area contributed by atoms with E-state index in [1.54, 1.807) is 0 Å². The first kappa shape index (κ1) is 22.6. The summed E-state index contributed by atoms with van der Waals surface area (Å²) in [5.74, 6) is 0. The predicted octanol–water partition coefficient (Wildman–Crippen LogP) is 4.70. The van der Waals surface area contributed by atoms with Gasteiger partial charge in [0.05, 0.1) is 18.8 Å². The number of nitrogens with two attached hydrogens (primary N) is 1. The largest absolute Gasteiger partial charge is 0.395 e. The van der Waals surface area contributed by atoms with Gasteiger partial charge in [-0.2, -0.15) is 0 Å². The Morgan fingerprint density at radius 3 is 1.78 bits per heavy atom. The summed E-state index contributed by atoms with van der Waals surface area (Å²) < 4.78 is 0. The summed E-state index contributed by atoms with van der Waals surface area (Å²) >= 11 is 0. The highest BCUT2D eigenvalue weighted by atomic mass is 16.3. The van der Waals surface area contributed by atoms with Gasteiger partial charge < -0.3 is 15.9 Å². The molecule has 3 heteroatoms.